The van der Waals surface area contributed by atoms with Gasteiger partial charge in [-0.15, -0.1) is 0 Å². The third-order valence-electron chi connectivity index (χ3n) is 4.76. The Morgan fingerprint density at radius 3 is 2.81 bits per heavy atom. The minimum Gasteiger partial charge on any atom is -0.492 e. The highest BCUT2D eigenvalue weighted by Crippen LogP contribution is 2.35. The summed E-state index contributed by atoms with van der Waals surface area (Å²) in [7, 11) is 0. The van der Waals surface area contributed by atoms with Gasteiger partial charge in [-0.05, 0) is 49.7 Å². The Labute approximate surface area is 184 Å². The van der Waals surface area contributed by atoms with Crippen LogP contribution in [0.3, 0.4) is 0 Å². The number of carbonyl (C=O) groups excluding carboxylic acids is 1. The number of rotatable bonds is 8. The first kappa shape index (κ1) is 20.6. The third kappa shape index (κ3) is 4.57. The van der Waals surface area contributed by atoms with Crippen molar-refractivity contribution in [3.63, 3.8) is 0 Å². The number of nitrogens with zero attached hydrogens (tertiary/aromatic N) is 5. The first-order valence-corrected chi connectivity index (χ1v) is 10.8. The number of carbonyl (C=O) groups is 1. The van der Waals surface area contributed by atoms with Crippen LogP contribution in [0, 0.1) is 11.3 Å². The van der Waals surface area contributed by atoms with E-state index >= 15 is 0 Å². The van der Waals surface area contributed by atoms with E-state index in [9.17, 15) is 4.79 Å². The van der Waals surface area contributed by atoms with Crippen LogP contribution in [0.15, 0.2) is 61.2 Å². The van der Waals surface area contributed by atoms with Crippen molar-refractivity contribution in [1.82, 2.24) is 14.5 Å². The predicted molar refractivity (Wildman–Crippen MR) is 120 cm³/mol. The first-order chi connectivity index (χ1) is 15.2. The zero-order valence-corrected chi connectivity index (χ0v) is 17.9. The highest BCUT2D eigenvalue weighted by Gasteiger charge is 2.22. The molecule has 2 aromatic carbocycles. The summed E-state index contributed by atoms with van der Waals surface area (Å²) in [5.41, 5.74) is 1.80. The van der Waals surface area contributed by atoms with E-state index in [1.165, 1.54) is 11.3 Å². The van der Waals surface area contributed by atoms with Crippen molar-refractivity contribution in [1.29, 1.82) is 5.26 Å². The maximum Gasteiger partial charge on any atom is 0.260 e. The summed E-state index contributed by atoms with van der Waals surface area (Å²) < 4.78 is 8.66. The van der Waals surface area contributed by atoms with E-state index in [4.69, 9.17) is 15.0 Å². The second kappa shape index (κ2) is 9.41. The van der Waals surface area contributed by atoms with Crippen LogP contribution >= 0.6 is 11.3 Å². The Morgan fingerprint density at radius 2 is 2.10 bits per heavy atom. The SMILES string of the molecule is CCOc1cccc2sc(N(CCCn3ccnc3)C(=O)c3ccc(C#N)cc3)nc12. The number of imidazole rings is 1. The highest BCUT2D eigenvalue weighted by molar-refractivity contribution is 7.22. The van der Waals surface area contributed by atoms with Crippen molar-refractivity contribution >= 4 is 32.6 Å². The molecular formula is C23H21N5O2S. The fourth-order valence-corrected chi connectivity index (χ4v) is 4.26. The molecule has 0 saturated heterocycles. The van der Waals surface area contributed by atoms with Crippen molar-refractivity contribution in [2.75, 3.05) is 18.1 Å². The molecule has 0 fully saturated rings. The number of fused-ring (bicyclic) bond motifs is 1. The van der Waals surface area contributed by atoms with E-state index < -0.39 is 0 Å². The molecule has 0 atom stereocenters. The molecule has 0 aliphatic carbocycles. The molecule has 0 unspecified atom stereocenters. The first-order valence-electron chi connectivity index (χ1n) is 9.99. The van der Waals surface area contributed by atoms with Gasteiger partial charge in [0.05, 0.1) is 29.3 Å². The van der Waals surface area contributed by atoms with Gasteiger partial charge in [0.25, 0.3) is 5.91 Å². The number of nitriles is 1. The number of aryl methyl sites for hydroxylation is 1. The molecule has 8 heteroatoms. The molecule has 2 heterocycles. The van der Waals surface area contributed by atoms with Gasteiger partial charge in [-0.25, -0.2) is 9.97 Å². The molecule has 0 radical (unpaired) electrons. The summed E-state index contributed by atoms with van der Waals surface area (Å²) in [5.74, 6) is 0.568. The van der Waals surface area contributed by atoms with E-state index in [0.717, 1.165) is 23.2 Å². The van der Waals surface area contributed by atoms with Crippen molar-refractivity contribution in [3.8, 4) is 11.8 Å². The Kier molecular flexibility index (Phi) is 6.24. The fourth-order valence-electron chi connectivity index (χ4n) is 3.26. The van der Waals surface area contributed by atoms with Gasteiger partial charge in [0.1, 0.15) is 11.3 Å². The van der Waals surface area contributed by atoms with Crippen LogP contribution in [0.2, 0.25) is 0 Å². The average Bonchev–Trinajstić information content (AvgIpc) is 3.47. The standard InChI is InChI=1S/C23H21N5O2S/c1-2-30-19-5-3-6-20-21(19)26-23(31-20)28(13-4-12-27-14-11-25-16-27)22(29)18-9-7-17(15-24)8-10-18/h3,5-11,14,16H,2,4,12-13H2,1H3. The molecule has 156 valence electrons. The lowest BCUT2D eigenvalue weighted by Gasteiger charge is -2.20. The zero-order valence-electron chi connectivity index (χ0n) is 17.1. The summed E-state index contributed by atoms with van der Waals surface area (Å²) in [4.78, 5) is 23.9. The van der Waals surface area contributed by atoms with Crippen molar-refractivity contribution < 1.29 is 9.53 Å². The number of thiazole rings is 1. The fraction of sp³-hybridized carbons (Fsp3) is 0.217. The van der Waals surface area contributed by atoms with Crippen LogP contribution in [0.5, 0.6) is 5.75 Å². The molecule has 0 N–H and O–H groups in total. The zero-order chi connectivity index (χ0) is 21.6. The number of anilines is 1. The number of hydrogen-bond acceptors (Lipinski definition) is 6. The smallest absolute Gasteiger partial charge is 0.260 e. The van der Waals surface area contributed by atoms with E-state index in [1.54, 1.807) is 41.7 Å². The van der Waals surface area contributed by atoms with Crippen LogP contribution < -0.4 is 9.64 Å². The van der Waals surface area contributed by atoms with Gasteiger partial charge in [-0.3, -0.25) is 9.69 Å². The quantitative estimate of drug-likeness (QED) is 0.410. The number of para-hydroxylation sites is 1. The average molecular weight is 432 g/mol. The number of hydrogen-bond donors (Lipinski definition) is 0. The minimum atomic E-state index is -0.146. The van der Waals surface area contributed by atoms with Gasteiger partial charge in [-0.2, -0.15) is 5.26 Å². The van der Waals surface area contributed by atoms with Crippen molar-refractivity contribution in [2.45, 2.75) is 19.9 Å². The Hall–Kier alpha value is -3.70. The van der Waals surface area contributed by atoms with E-state index in [0.29, 0.717) is 35.2 Å². The summed E-state index contributed by atoms with van der Waals surface area (Å²) in [6.07, 6.45) is 6.15. The summed E-state index contributed by atoms with van der Waals surface area (Å²) in [6, 6.07) is 14.6. The molecule has 0 bridgehead atoms. The molecule has 31 heavy (non-hydrogen) atoms. The number of ether oxygens (including phenoxy) is 1. The molecule has 2 aromatic heterocycles. The second-order valence-electron chi connectivity index (χ2n) is 6.83. The van der Waals surface area contributed by atoms with Gasteiger partial charge < -0.3 is 9.30 Å². The topological polar surface area (TPSA) is 84.0 Å². The van der Waals surface area contributed by atoms with Crippen molar-refractivity contribution in [3.05, 3.63) is 72.3 Å². The molecular weight excluding hydrogens is 410 g/mol. The van der Waals surface area contributed by atoms with Crippen LogP contribution in [0.4, 0.5) is 5.13 Å². The molecule has 7 nitrogen and oxygen atoms in total. The van der Waals surface area contributed by atoms with Gasteiger partial charge in [0, 0.05) is 31.0 Å². The van der Waals surface area contributed by atoms with Gasteiger partial charge in [-0.1, -0.05) is 17.4 Å². The van der Waals surface area contributed by atoms with E-state index in [2.05, 4.69) is 11.1 Å². The summed E-state index contributed by atoms with van der Waals surface area (Å²) in [6.45, 7) is 3.72. The lowest BCUT2D eigenvalue weighted by Crippen LogP contribution is -2.32. The molecule has 4 aromatic rings. The van der Waals surface area contributed by atoms with Gasteiger partial charge >= 0.3 is 0 Å². The van der Waals surface area contributed by atoms with E-state index in [-0.39, 0.29) is 5.91 Å². The maximum atomic E-state index is 13.4. The van der Waals surface area contributed by atoms with Crippen LogP contribution in [-0.4, -0.2) is 33.6 Å². The number of amides is 1. The lowest BCUT2D eigenvalue weighted by atomic mass is 10.1. The number of benzene rings is 2. The predicted octanol–water partition coefficient (Wildman–Crippen LogP) is 4.50. The molecule has 1 amide bonds. The highest BCUT2D eigenvalue weighted by atomic mass is 32.1. The molecule has 0 spiro atoms. The van der Waals surface area contributed by atoms with Crippen molar-refractivity contribution in [2.24, 2.45) is 0 Å². The Bertz CT molecular complexity index is 1210. The normalized spacial score (nSPS) is 10.7. The van der Waals surface area contributed by atoms with Gasteiger partial charge in [0.15, 0.2) is 5.13 Å². The third-order valence-corrected chi connectivity index (χ3v) is 5.81. The molecule has 0 aliphatic heterocycles. The summed E-state index contributed by atoms with van der Waals surface area (Å²) >= 11 is 1.47. The molecule has 0 saturated carbocycles. The number of aromatic nitrogens is 3. The van der Waals surface area contributed by atoms with Crippen LogP contribution in [-0.2, 0) is 6.54 Å². The lowest BCUT2D eigenvalue weighted by molar-refractivity contribution is 0.0986. The maximum absolute atomic E-state index is 13.4. The van der Waals surface area contributed by atoms with E-state index in [1.807, 2.05) is 35.9 Å². The van der Waals surface area contributed by atoms with Crippen LogP contribution in [0.25, 0.3) is 10.2 Å². The second-order valence-corrected chi connectivity index (χ2v) is 7.84. The largest absolute Gasteiger partial charge is 0.492 e. The Balaban J connectivity index is 1.65. The monoisotopic (exact) mass is 431 g/mol. The minimum absolute atomic E-state index is 0.146. The Morgan fingerprint density at radius 1 is 1.26 bits per heavy atom. The van der Waals surface area contributed by atoms with Gasteiger partial charge in [0.2, 0.25) is 0 Å². The molecule has 4 rings (SSSR count). The van der Waals surface area contributed by atoms with Crippen LogP contribution in [0.1, 0.15) is 29.3 Å². The summed E-state index contributed by atoms with van der Waals surface area (Å²) in [5, 5.41) is 9.67. The molecule has 0 aliphatic rings.